The predicted molar refractivity (Wildman–Crippen MR) is 114 cm³/mol. The first-order valence-electron chi connectivity index (χ1n) is 9.92. The highest BCUT2D eigenvalue weighted by molar-refractivity contribution is 6.58. The van der Waals surface area contributed by atoms with Gasteiger partial charge in [-0.25, -0.2) is 4.98 Å². The molecule has 5 rings (SSSR count). The van der Waals surface area contributed by atoms with E-state index in [1.807, 2.05) is 19.9 Å². The van der Waals surface area contributed by atoms with Crippen molar-refractivity contribution in [2.24, 2.45) is 0 Å². The molecule has 0 amide bonds. The maximum absolute atomic E-state index is 13.4. The van der Waals surface area contributed by atoms with E-state index in [2.05, 4.69) is 10.1 Å². The van der Waals surface area contributed by atoms with Gasteiger partial charge in [0.1, 0.15) is 22.8 Å². The third kappa shape index (κ3) is 2.87. The van der Waals surface area contributed by atoms with Crippen molar-refractivity contribution < 1.29 is 14.1 Å². The van der Waals surface area contributed by atoms with E-state index >= 15 is 0 Å². The number of imidazole rings is 1. The Balaban J connectivity index is 1.84. The molecule has 1 fully saturated rings. The molecule has 0 aliphatic heterocycles. The van der Waals surface area contributed by atoms with Crippen molar-refractivity contribution in [3.63, 3.8) is 0 Å². The van der Waals surface area contributed by atoms with Crippen molar-refractivity contribution in [2.75, 3.05) is 0 Å². The first kappa shape index (κ1) is 18.5. The van der Waals surface area contributed by atoms with Crippen LogP contribution in [-0.4, -0.2) is 39.1 Å². The van der Waals surface area contributed by atoms with Gasteiger partial charge in [-0.2, -0.15) is 0 Å². The molecule has 1 aliphatic carbocycles. The van der Waals surface area contributed by atoms with Gasteiger partial charge in [0.2, 0.25) is 13.6 Å². The van der Waals surface area contributed by atoms with Gasteiger partial charge in [-0.15, -0.1) is 0 Å². The van der Waals surface area contributed by atoms with E-state index in [1.54, 1.807) is 35.0 Å². The van der Waals surface area contributed by atoms with Crippen LogP contribution in [0.15, 0.2) is 41.1 Å². The van der Waals surface area contributed by atoms with E-state index in [0.29, 0.717) is 28.1 Å². The number of ketones is 1. The van der Waals surface area contributed by atoms with Crippen molar-refractivity contribution in [2.45, 2.75) is 32.6 Å². The minimum atomic E-state index is -0.232. The first-order valence-corrected chi connectivity index (χ1v) is 9.92. The van der Waals surface area contributed by atoms with Crippen LogP contribution in [0.25, 0.3) is 22.2 Å². The summed E-state index contributed by atoms with van der Waals surface area (Å²) in [6, 6.07) is 8.93. The van der Waals surface area contributed by atoms with E-state index < -0.39 is 0 Å². The third-order valence-corrected chi connectivity index (χ3v) is 5.51. The Labute approximate surface area is 173 Å². The predicted octanol–water partition coefficient (Wildman–Crippen LogP) is 3.41. The third-order valence-electron chi connectivity index (χ3n) is 5.51. The Bertz CT molecular complexity index is 1300. The van der Waals surface area contributed by atoms with Gasteiger partial charge in [-0.1, -0.05) is 11.2 Å². The van der Waals surface area contributed by atoms with E-state index in [1.165, 1.54) is 7.85 Å². The fraction of sp³-hybridized carbons (Fsp3) is 0.227. The Hall–Kier alpha value is -3.55. The van der Waals surface area contributed by atoms with Crippen LogP contribution in [0.3, 0.4) is 0 Å². The van der Waals surface area contributed by atoms with Crippen molar-refractivity contribution >= 4 is 30.5 Å². The summed E-state index contributed by atoms with van der Waals surface area (Å²) in [5.74, 6) is 1.28. The summed E-state index contributed by atoms with van der Waals surface area (Å²) in [5.41, 5.74) is 4.21. The normalized spacial score (nSPS) is 13.7. The largest absolute Gasteiger partial charge is 0.361 e. The van der Waals surface area contributed by atoms with Gasteiger partial charge < -0.3 is 4.52 Å². The number of benzene rings is 1. The van der Waals surface area contributed by atoms with Gasteiger partial charge in [0.25, 0.3) is 0 Å². The second kappa shape index (κ2) is 6.76. The van der Waals surface area contributed by atoms with Crippen molar-refractivity contribution in [3.8, 4) is 11.1 Å². The number of rotatable bonds is 4. The molecule has 3 heterocycles. The Kier molecular flexibility index (Phi) is 4.16. The minimum Gasteiger partial charge on any atom is -0.361 e. The van der Waals surface area contributed by atoms with Gasteiger partial charge in [0, 0.05) is 17.7 Å². The maximum Gasteiger partial charge on any atom is 0.216 e. The van der Waals surface area contributed by atoms with E-state index in [-0.39, 0.29) is 17.5 Å². The SMILES string of the molecule is BC(=O)n1c(C2CC2)nc2c(C(=O)c3ccccn3)cc(-c3c(C)noc3C)cc21. The Morgan fingerprint density at radius 2 is 2.00 bits per heavy atom. The molecular formula is C22H19BN4O3. The standard InChI is InChI=1S/C22H19BN4O3/c1-11-18(12(2)30-26-11)14-9-15(20(28)16-5-3-4-8-24-16)19-17(10-14)27(22(23)29)21(25-19)13-6-7-13/h3-5,8-10,13H,6-7,23H2,1-2H3. The lowest BCUT2D eigenvalue weighted by molar-refractivity contribution is 0.103. The second-order valence-electron chi connectivity index (χ2n) is 7.73. The van der Waals surface area contributed by atoms with Crippen LogP contribution in [0, 0.1) is 13.8 Å². The molecule has 8 heteroatoms. The quantitative estimate of drug-likeness (QED) is 0.387. The molecule has 7 nitrogen and oxygen atoms in total. The number of nitrogens with zero attached hydrogens (tertiary/aromatic N) is 4. The number of fused-ring (bicyclic) bond motifs is 1. The molecular weight excluding hydrogens is 379 g/mol. The van der Waals surface area contributed by atoms with Crippen molar-refractivity contribution in [3.05, 3.63) is 65.1 Å². The number of hydrogen-bond acceptors (Lipinski definition) is 6. The highest BCUT2D eigenvalue weighted by atomic mass is 16.5. The number of hydrogen-bond donors (Lipinski definition) is 0. The highest BCUT2D eigenvalue weighted by Crippen LogP contribution is 2.42. The van der Waals surface area contributed by atoms with Crippen molar-refractivity contribution in [1.82, 2.24) is 19.7 Å². The van der Waals surface area contributed by atoms with Gasteiger partial charge >= 0.3 is 0 Å². The lowest BCUT2D eigenvalue weighted by atomic mass is 9.97. The number of carbonyl (C=O) groups is 2. The van der Waals surface area contributed by atoms with Gasteiger partial charge in [0.05, 0.1) is 16.8 Å². The van der Waals surface area contributed by atoms with Crippen molar-refractivity contribution in [1.29, 1.82) is 0 Å². The molecule has 0 N–H and O–H groups in total. The van der Waals surface area contributed by atoms with E-state index in [0.717, 1.165) is 35.5 Å². The average Bonchev–Trinajstić information content (AvgIpc) is 3.43. The number of aryl methyl sites for hydroxylation is 2. The Morgan fingerprint density at radius 1 is 1.20 bits per heavy atom. The summed E-state index contributed by atoms with van der Waals surface area (Å²) in [6.45, 7) is 3.69. The fourth-order valence-electron chi connectivity index (χ4n) is 3.99. The Morgan fingerprint density at radius 3 is 2.60 bits per heavy atom. The summed E-state index contributed by atoms with van der Waals surface area (Å²) < 4.78 is 6.98. The minimum absolute atomic E-state index is 0.119. The number of aromatic nitrogens is 4. The summed E-state index contributed by atoms with van der Waals surface area (Å²) >= 11 is 0. The van der Waals surface area contributed by atoms with Gasteiger partial charge in [-0.3, -0.25) is 19.1 Å². The van der Waals surface area contributed by atoms with E-state index in [4.69, 9.17) is 9.51 Å². The summed E-state index contributed by atoms with van der Waals surface area (Å²) in [6.07, 6.45) is 3.58. The molecule has 0 spiro atoms. The zero-order valence-electron chi connectivity index (χ0n) is 17.0. The van der Waals surface area contributed by atoms with Gasteiger partial charge in [-0.05, 0) is 56.5 Å². The molecule has 1 aromatic carbocycles. The highest BCUT2D eigenvalue weighted by Gasteiger charge is 2.32. The lowest BCUT2D eigenvalue weighted by Crippen LogP contribution is -2.12. The summed E-state index contributed by atoms with van der Waals surface area (Å²) in [5, 5.41) is 4.04. The maximum atomic E-state index is 13.4. The average molecular weight is 398 g/mol. The zero-order chi connectivity index (χ0) is 21.0. The van der Waals surface area contributed by atoms with Gasteiger partial charge in [0.15, 0.2) is 5.81 Å². The van der Waals surface area contributed by atoms with Crippen LogP contribution >= 0.6 is 0 Å². The van der Waals surface area contributed by atoms with Crippen LogP contribution in [0.2, 0.25) is 0 Å². The molecule has 0 atom stereocenters. The number of pyridine rings is 1. The summed E-state index contributed by atoms with van der Waals surface area (Å²) in [7, 11) is 1.52. The zero-order valence-corrected chi connectivity index (χ0v) is 17.0. The van der Waals surface area contributed by atoms with Crippen LogP contribution in [0.1, 0.15) is 52.1 Å². The molecule has 0 saturated heterocycles. The number of carbonyl (C=O) groups excluding carboxylic acids is 2. The first-order chi connectivity index (χ1) is 14.5. The molecule has 148 valence electrons. The van der Waals surface area contributed by atoms with Crippen LogP contribution in [-0.2, 0) is 0 Å². The molecule has 1 saturated carbocycles. The topological polar surface area (TPSA) is 90.9 Å². The molecule has 1 aliphatic rings. The summed E-state index contributed by atoms with van der Waals surface area (Å²) in [4.78, 5) is 34.9. The van der Waals surface area contributed by atoms with Crippen LogP contribution < -0.4 is 0 Å². The molecule has 0 radical (unpaired) electrons. The van der Waals surface area contributed by atoms with Crippen LogP contribution in [0.5, 0.6) is 0 Å². The molecule has 0 unspecified atom stereocenters. The monoisotopic (exact) mass is 398 g/mol. The molecule has 4 aromatic rings. The van der Waals surface area contributed by atoms with Crippen LogP contribution in [0.4, 0.5) is 4.79 Å². The molecule has 3 aromatic heterocycles. The lowest BCUT2D eigenvalue weighted by Gasteiger charge is -2.08. The molecule has 0 bridgehead atoms. The van der Waals surface area contributed by atoms with E-state index in [9.17, 15) is 9.59 Å². The smallest absolute Gasteiger partial charge is 0.216 e. The molecule has 30 heavy (non-hydrogen) atoms. The second-order valence-corrected chi connectivity index (χ2v) is 7.73. The fourth-order valence-corrected chi connectivity index (χ4v) is 3.99.